The molecule has 0 aliphatic rings. The van der Waals surface area contributed by atoms with Crippen LogP contribution in [0, 0.1) is 6.92 Å². The molecule has 0 spiro atoms. The van der Waals surface area contributed by atoms with E-state index in [4.69, 9.17) is 0 Å². The third kappa shape index (κ3) is 2.33. The van der Waals surface area contributed by atoms with Gasteiger partial charge in [0.25, 0.3) is 0 Å². The Bertz CT molecular complexity index is 433. The smallest absolute Gasteiger partial charge is 0.243 e. The van der Waals surface area contributed by atoms with E-state index in [1.807, 2.05) is 6.92 Å². The summed E-state index contributed by atoms with van der Waals surface area (Å²) in [6.07, 6.45) is 0. The Balaban J connectivity index is 1.98. The Morgan fingerprint density at radius 2 is 2.33 bits per heavy atom. The lowest BCUT2D eigenvalue weighted by Gasteiger charge is -2.02. The topological polar surface area (TPSA) is 55.6 Å². The standard InChI is InChI=1S/C9H13N5S/c1-3-14-9(11-12-13-14)10-6-8-5-4-7(2)15-8/h4-5H,3,6H2,1-2H3,(H,10,11,13). The normalized spacial score (nSPS) is 10.5. The highest BCUT2D eigenvalue weighted by molar-refractivity contribution is 7.11. The molecule has 0 bridgehead atoms. The van der Waals surface area contributed by atoms with Crippen molar-refractivity contribution in [3.63, 3.8) is 0 Å². The minimum atomic E-state index is 0.726. The Hall–Kier alpha value is -1.43. The second-order valence-electron chi connectivity index (χ2n) is 3.18. The van der Waals surface area contributed by atoms with Gasteiger partial charge in [-0.05, 0) is 36.4 Å². The third-order valence-electron chi connectivity index (χ3n) is 2.05. The lowest BCUT2D eigenvalue weighted by molar-refractivity contribution is 0.629. The zero-order valence-electron chi connectivity index (χ0n) is 8.77. The van der Waals surface area contributed by atoms with Crippen LogP contribution >= 0.6 is 11.3 Å². The van der Waals surface area contributed by atoms with Crippen LogP contribution in [0.5, 0.6) is 0 Å². The van der Waals surface area contributed by atoms with Gasteiger partial charge in [0.2, 0.25) is 5.95 Å². The summed E-state index contributed by atoms with van der Waals surface area (Å²) in [5.74, 6) is 0.726. The van der Waals surface area contributed by atoms with Crippen molar-refractivity contribution < 1.29 is 0 Å². The largest absolute Gasteiger partial charge is 0.348 e. The minimum absolute atomic E-state index is 0.726. The molecule has 0 saturated heterocycles. The molecule has 2 heterocycles. The SMILES string of the molecule is CCn1nnnc1NCc1ccc(C)s1. The predicted octanol–water partition coefficient (Wildman–Crippen LogP) is 1.68. The van der Waals surface area contributed by atoms with Crippen molar-refractivity contribution in [2.75, 3.05) is 5.32 Å². The summed E-state index contributed by atoms with van der Waals surface area (Å²) in [6.45, 7) is 5.67. The minimum Gasteiger partial charge on any atom is -0.348 e. The van der Waals surface area contributed by atoms with Gasteiger partial charge in [-0.2, -0.15) is 0 Å². The van der Waals surface area contributed by atoms with Crippen molar-refractivity contribution in [3.05, 3.63) is 21.9 Å². The molecule has 5 nitrogen and oxygen atoms in total. The van der Waals surface area contributed by atoms with Crippen LogP contribution < -0.4 is 5.32 Å². The molecule has 2 aromatic rings. The van der Waals surface area contributed by atoms with Crippen molar-refractivity contribution >= 4 is 17.3 Å². The molecule has 0 aliphatic heterocycles. The summed E-state index contributed by atoms with van der Waals surface area (Å²) >= 11 is 1.78. The van der Waals surface area contributed by atoms with Crippen LogP contribution in [0.1, 0.15) is 16.7 Å². The van der Waals surface area contributed by atoms with E-state index in [2.05, 4.69) is 39.9 Å². The predicted molar refractivity (Wildman–Crippen MR) is 59.9 cm³/mol. The molecule has 2 aromatic heterocycles. The Morgan fingerprint density at radius 3 is 3.00 bits per heavy atom. The zero-order chi connectivity index (χ0) is 10.7. The monoisotopic (exact) mass is 223 g/mol. The van der Waals surface area contributed by atoms with Gasteiger partial charge in [-0.1, -0.05) is 5.10 Å². The number of tetrazole rings is 1. The summed E-state index contributed by atoms with van der Waals surface area (Å²) in [4.78, 5) is 2.61. The van der Waals surface area contributed by atoms with Crippen LogP contribution in [0.2, 0.25) is 0 Å². The average molecular weight is 223 g/mol. The highest BCUT2D eigenvalue weighted by Gasteiger charge is 2.03. The van der Waals surface area contributed by atoms with E-state index in [0.29, 0.717) is 0 Å². The first-order valence-electron chi connectivity index (χ1n) is 4.85. The fourth-order valence-corrected chi connectivity index (χ4v) is 2.12. The Labute approximate surface area is 92.1 Å². The molecule has 0 unspecified atom stereocenters. The van der Waals surface area contributed by atoms with Gasteiger partial charge >= 0.3 is 0 Å². The molecule has 0 fully saturated rings. The van der Waals surface area contributed by atoms with Crippen LogP contribution in [-0.2, 0) is 13.1 Å². The Morgan fingerprint density at radius 1 is 1.47 bits per heavy atom. The molecule has 0 saturated carbocycles. The van der Waals surface area contributed by atoms with E-state index in [1.54, 1.807) is 16.0 Å². The van der Waals surface area contributed by atoms with Crippen LogP contribution in [0.25, 0.3) is 0 Å². The van der Waals surface area contributed by atoms with Gasteiger partial charge in [-0.25, -0.2) is 4.68 Å². The van der Waals surface area contributed by atoms with Crippen molar-refractivity contribution in [1.29, 1.82) is 0 Å². The molecule has 0 radical (unpaired) electrons. The van der Waals surface area contributed by atoms with Crippen LogP contribution in [0.15, 0.2) is 12.1 Å². The molecule has 0 atom stereocenters. The van der Waals surface area contributed by atoms with Crippen molar-refractivity contribution in [3.8, 4) is 0 Å². The lowest BCUT2D eigenvalue weighted by Crippen LogP contribution is -2.06. The van der Waals surface area contributed by atoms with Gasteiger partial charge in [0, 0.05) is 16.3 Å². The number of aromatic nitrogens is 4. The van der Waals surface area contributed by atoms with Gasteiger partial charge in [-0.15, -0.1) is 11.3 Å². The molecule has 0 amide bonds. The summed E-state index contributed by atoms with van der Waals surface area (Å²) in [5.41, 5.74) is 0. The van der Waals surface area contributed by atoms with Crippen molar-refractivity contribution in [1.82, 2.24) is 20.2 Å². The first-order valence-corrected chi connectivity index (χ1v) is 5.66. The maximum atomic E-state index is 3.90. The second kappa shape index (κ2) is 4.39. The summed E-state index contributed by atoms with van der Waals surface area (Å²) in [6, 6.07) is 4.23. The first-order chi connectivity index (χ1) is 7.29. The summed E-state index contributed by atoms with van der Waals surface area (Å²) in [5, 5.41) is 14.6. The molecule has 1 N–H and O–H groups in total. The molecule has 2 rings (SSSR count). The molecule has 0 aromatic carbocycles. The lowest BCUT2D eigenvalue weighted by atomic mass is 10.4. The van der Waals surface area contributed by atoms with Crippen LogP contribution in [-0.4, -0.2) is 20.2 Å². The molecule has 0 aliphatic carbocycles. The Kier molecular flexibility index (Phi) is 2.96. The molecule has 15 heavy (non-hydrogen) atoms. The number of rotatable bonds is 4. The van der Waals surface area contributed by atoms with E-state index < -0.39 is 0 Å². The number of hydrogen-bond acceptors (Lipinski definition) is 5. The number of thiophene rings is 1. The molecule has 6 heteroatoms. The highest BCUT2D eigenvalue weighted by Crippen LogP contribution is 2.15. The van der Waals surface area contributed by atoms with Crippen molar-refractivity contribution in [2.45, 2.75) is 26.9 Å². The van der Waals surface area contributed by atoms with E-state index in [-0.39, 0.29) is 0 Å². The maximum Gasteiger partial charge on any atom is 0.243 e. The first kappa shape index (κ1) is 10.1. The van der Waals surface area contributed by atoms with E-state index >= 15 is 0 Å². The fourth-order valence-electron chi connectivity index (χ4n) is 1.29. The number of aryl methyl sites for hydroxylation is 2. The molecular formula is C9H13N5S. The maximum absolute atomic E-state index is 3.90. The number of nitrogens with zero attached hydrogens (tertiary/aromatic N) is 4. The van der Waals surface area contributed by atoms with Crippen LogP contribution in [0.4, 0.5) is 5.95 Å². The average Bonchev–Trinajstić information content (AvgIpc) is 2.83. The van der Waals surface area contributed by atoms with E-state index in [1.165, 1.54) is 9.75 Å². The van der Waals surface area contributed by atoms with Gasteiger partial charge in [0.15, 0.2) is 0 Å². The third-order valence-corrected chi connectivity index (χ3v) is 3.05. The summed E-state index contributed by atoms with van der Waals surface area (Å²) < 4.78 is 1.74. The van der Waals surface area contributed by atoms with Gasteiger partial charge < -0.3 is 5.32 Å². The number of anilines is 1. The van der Waals surface area contributed by atoms with Gasteiger partial charge in [0.05, 0.1) is 6.54 Å². The highest BCUT2D eigenvalue weighted by atomic mass is 32.1. The van der Waals surface area contributed by atoms with Gasteiger partial charge in [0.1, 0.15) is 0 Å². The van der Waals surface area contributed by atoms with Gasteiger partial charge in [-0.3, -0.25) is 0 Å². The molecular weight excluding hydrogens is 210 g/mol. The van der Waals surface area contributed by atoms with Crippen LogP contribution in [0.3, 0.4) is 0 Å². The summed E-state index contributed by atoms with van der Waals surface area (Å²) in [7, 11) is 0. The second-order valence-corrected chi connectivity index (χ2v) is 4.56. The molecule has 80 valence electrons. The number of hydrogen-bond donors (Lipinski definition) is 1. The fraction of sp³-hybridized carbons (Fsp3) is 0.444. The zero-order valence-corrected chi connectivity index (χ0v) is 9.58. The number of nitrogens with one attached hydrogen (secondary N) is 1. The van der Waals surface area contributed by atoms with Crippen molar-refractivity contribution in [2.24, 2.45) is 0 Å². The van der Waals surface area contributed by atoms with E-state index in [0.717, 1.165) is 19.0 Å². The van der Waals surface area contributed by atoms with E-state index in [9.17, 15) is 0 Å². The quantitative estimate of drug-likeness (QED) is 0.856.